The molecule has 2 unspecified atom stereocenters. The van der Waals surface area contributed by atoms with E-state index in [2.05, 4.69) is 13.8 Å². The third-order valence-electron chi connectivity index (χ3n) is 8.57. The van der Waals surface area contributed by atoms with Gasteiger partial charge < -0.3 is 23.7 Å². The van der Waals surface area contributed by atoms with Crippen LogP contribution in [0.15, 0.2) is 97.1 Å². The van der Waals surface area contributed by atoms with Crippen molar-refractivity contribution < 1.29 is 33.3 Å². The summed E-state index contributed by atoms with van der Waals surface area (Å²) in [6.07, 6.45) is -1.75. The molecule has 0 aromatic heterocycles. The summed E-state index contributed by atoms with van der Waals surface area (Å²) in [7, 11) is 3.17. The molecule has 0 bridgehead atoms. The Morgan fingerprint density at radius 1 is 0.578 bits per heavy atom. The summed E-state index contributed by atoms with van der Waals surface area (Å²) in [6.45, 7) is 7.84. The van der Waals surface area contributed by atoms with E-state index in [1.54, 1.807) is 52.3 Å². The maximum Gasteiger partial charge on any atom is 0.202 e. The van der Waals surface area contributed by atoms with Crippen LogP contribution in [0.4, 0.5) is 0 Å². The number of hydrogen-bond acceptors (Lipinski definition) is 7. The first-order valence-corrected chi connectivity index (χ1v) is 15.2. The normalized spacial score (nSPS) is 20.6. The largest absolute Gasteiger partial charge is 0.493 e. The van der Waals surface area contributed by atoms with Gasteiger partial charge in [0.2, 0.25) is 11.6 Å². The lowest BCUT2D eigenvalue weighted by atomic mass is 9.85. The van der Waals surface area contributed by atoms with Crippen LogP contribution in [0.1, 0.15) is 71.7 Å². The van der Waals surface area contributed by atoms with E-state index in [9.17, 15) is 9.59 Å². The van der Waals surface area contributed by atoms with Gasteiger partial charge in [0, 0.05) is 11.1 Å². The third-order valence-corrected chi connectivity index (χ3v) is 8.57. The van der Waals surface area contributed by atoms with Gasteiger partial charge in [0.1, 0.15) is 0 Å². The summed E-state index contributed by atoms with van der Waals surface area (Å²) in [5.74, 6) is 2.24. The fraction of sp³-hybridized carbons (Fsp3) is 0.316. The van der Waals surface area contributed by atoms with Gasteiger partial charge in [-0.05, 0) is 61.1 Å². The molecule has 6 atom stereocenters. The van der Waals surface area contributed by atoms with Crippen molar-refractivity contribution in [1.82, 2.24) is 0 Å². The van der Waals surface area contributed by atoms with Crippen molar-refractivity contribution in [3.8, 4) is 23.0 Å². The first-order chi connectivity index (χ1) is 21.7. The number of methoxy groups -OCH3 is 2. The third kappa shape index (κ3) is 6.89. The molecule has 1 fully saturated rings. The second-order valence-corrected chi connectivity index (χ2v) is 11.5. The van der Waals surface area contributed by atoms with Gasteiger partial charge in [-0.15, -0.1) is 0 Å². The molecule has 0 spiro atoms. The fourth-order valence-electron chi connectivity index (χ4n) is 5.80. The monoisotopic (exact) mass is 608 g/mol. The molecule has 0 saturated carbocycles. The topological polar surface area (TPSA) is 80.3 Å². The number of carbonyl (C=O) groups excluding carboxylic acids is 2. The first-order valence-electron chi connectivity index (χ1n) is 15.2. The van der Waals surface area contributed by atoms with E-state index in [0.29, 0.717) is 34.1 Å². The summed E-state index contributed by atoms with van der Waals surface area (Å²) < 4.78 is 30.1. The van der Waals surface area contributed by atoms with Gasteiger partial charge >= 0.3 is 0 Å². The Labute approximate surface area is 265 Å². The summed E-state index contributed by atoms with van der Waals surface area (Å²) in [6, 6.07) is 29.7. The summed E-state index contributed by atoms with van der Waals surface area (Å²) in [5.41, 5.74) is 3.12. The molecule has 7 heteroatoms. The Morgan fingerprint density at radius 3 is 1.31 bits per heavy atom. The number of ether oxygens (including phenoxy) is 5. The summed E-state index contributed by atoms with van der Waals surface area (Å²) >= 11 is 0. The van der Waals surface area contributed by atoms with Gasteiger partial charge in [0.15, 0.2) is 35.2 Å². The zero-order valence-corrected chi connectivity index (χ0v) is 26.6. The number of hydrogen-bond donors (Lipinski definition) is 0. The average molecular weight is 609 g/mol. The SMILES string of the molecule is COc1cc([C@H]2O[C@H](c3ccc(OC(C)C(=O)c4ccccc4)c(OC)c3)[C@H](C)[C@H]2C)ccc1OC(C)C(=O)c1ccccc1. The van der Waals surface area contributed by atoms with Crippen LogP contribution in [0.2, 0.25) is 0 Å². The average Bonchev–Trinajstić information content (AvgIpc) is 3.38. The molecule has 234 valence electrons. The molecule has 1 aliphatic heterocycles. The number of Topliss-reactive ketones (excluding diaryl/α,β-unsaturated/α-hetero) is 2. The van der Waals surface area contributed by atoms with Gasteiger partial charge in [-0.25, -0.2) is 0 Å². The highest BCUT2D eigenvalue weighted by atomic mass is 16.5. The Hall–Kier alpha value is -4.62. The lowest BCUT2D eigenvalue weighted by Crippen LogP contribution is -2.24. The lowest BCUT2D eigenvalue weighted by molar-refractivity contribution is 0.0287. The Kier molecular flexibility index (Phi) is 9.89. The molecule has 45 heavy (non-hydrogen) atoms. The molecule has 0 radical (unpaired) electrons. The predicted molar refractivity (Wildman–Crippen MR) is 173 cm³/mol. The van der Waals surface area contributed by atoms with Crippen LogP contribution in [-0.2, 0) is 4.74 Å². The zero-order valence-electron chi connectivity index (χ0n) is 26.6. The van der Waals surface area contributed by atoms with E-state index in [1.807, 2.05) is 72.8 Å². The van der Waals surface area contributed by atoms with Crippen molar-refractivity contribution in [2.24, 2.45) is 11.8 Å². The zero-order chi connectivity index (χ0) is 32.1. The molecule has 1 heterocycles. The van der Waals surface area contributed by atoms with Crippen molar-refractivity contribution in [3.63, 3.8) is 0 Å². The minimum absolute atomic E-state index is 0.102. The van der Waals surface area contributed by atoms with Crippen molar-refractivity contribution in [3.05, 3.63) is 119 Å². The second-order valence-electron chi connectivity index (χ2n) is 11.5. The molecule has 1 saturated heterocycles. The van der Waals surface area contributed by atoms with Crippen molar-refractivity contribution in [1.29, 1.82) is 0 Å². The van der Waals surface area contributed by atoms with Crippen LogP contribution < -0.4 is 18.9 Å². The van der Waals surface area contributed by atoms with Crippen molar-refractivity contribution >= 4 is 11.6 Å². The highest BCUT2D eigenvalue weighted by Gasteiger charge is 2.41. The van der Waals surface area contributed by atoms with Crippen LogP contribution in [0.25, 0.3) is 0 Å². The van der Waals surface area contributed by atoms with E-state index >= 15 is 0 Å². The van der Waals surface area contributed by atoms with Crippen LogP contribution >= 0.6 is 0 Å². The smallest absolute Gasteiger partial charge is 0.202 e. The van der Waals surface area contributed by atoms with Gasteiger partial charge in [-0.3, -0.25) is 9.59 Å². The van der Waals surface area contributed by atoms with Crippen LogP contribution in [0, 0.1) is 11.8 Å². The predicted octanol–water partition coefficient (Wildman–Crippen LogP) is 8.09. The first kappa shape index (κ1) is 31.8. The minimum atomic E-state index is -0.681. The molecule has 0 aliphatic carbocycles. The maximum absolute atomic E-state index is 12.9. The number of ketones is 2. The van der Waals surface area contributed by atoms with Crippen molar-refractivity contribution in [2.45, 2.75) is 52.1 Å². The summed E-state index contributed by atoms with van der Waals surface area (Å²) in [5, 5.41) is 0. The molecule has 7 nitrogen and oxygen atoms in total. The number of carbonyl (C=O) groups is 2. The standard InChI is InChI=1S/C38H40O7/c1-23-24(2)38(30-18-20-32(34(22-30)42-6)44-26(4)36(40)28-15-11-8-12-16-28)45-37(23)29-17-19-31(33(21-29)41-5)43-25(3)35(39)27-13-9-7-10-14-27/h7-26,37-38H,1-6H3/t23-,24-,25?,26?,37+,38+/m1/s1. The van der Waals surface area contributed by atoms with E-state index in [0.717, 1.165) is 11.1 Å². The van der Waals surface area contributed by atoms with E-state index in [4.69, 9.17) is 23.7 Å². The quantitative estimate of drug-likeness (QED) is 0.150. The fourth-order valence-corrected chi connectivity index (χ4v) is 5.80. The van der Waals surface area contributed by atoms with E-state index < -0.39 is 12.2 Å². The molecule has 5 rings (SSSR count). The van der Waals surface area contributed by atoms with Gasteiger partial charge in [0.05, 0.1) is 26.4 Å². The maximum atomic E-state index is 12.9. The highest BCUT2D eigenvalue weighted by molar-refractivity contribution is 6.00. The Morgan fingerprint density at radius 2 is 0.956 bits per heavy atom. The van der Waals surface area contributed by atoms with Gasteiger partial charge in [-0.2, -0.15) is 0 Å². The van der Waals surface area contributed by atoms with Crippen LogP contribution in [0.3, 0.4) is 0 Å². The molecule has 4 aromatic carbocycles. The summed E-state index contributed by atoms with van der Waals surface area (Å²) in [4.78, 5) is 25.7. The highest BCUT2D eigenvalue weighted by Crippen LogP contribution is 2.50. The molecular formula is C38H40O7. The number of rotatable bonds is 12. The molecule has 4 aromatic rings. The molecule has 0 amide bonds. The van der Waals surface area contributed by atoms with E-state index in [-0.39, 0.29) is 35.6 Å². The molecule has 0 N–H and O–H groups in total. The number of benzene rings is 4. The van der Waals surface area contributed by atoms with Crippen LogP contribution in [-0.4, -0.2) is 38.0 Å². The lowest BCUT2D eigenvalue weighted by Gasteiger charge is -2.21. The minimum Gasteiger partial charge on any atom is -0.493 e. The van der Waals surface area contributed by atoms with Crippen molar-refractivity contribution in [2.75, 3.05) is 14.2 Å². The second kappa shape index (κ2) is 14.0. The van der Waals surface area contributed by atoms with E-state index in [1.165, 1.54) is 0 Å². The van der Waals surface area contributed by atoms with Gasteiger partial charge in [-0.1, -0.05) is 86.6 Å². The van der Waals surface area contributed by atoms with Gasteiger partial charge in [0.25, 0.3) is 0 Å². The Bertz CT molecular complexity index is 1500. The molecule has 1 aliphatic rings. The van der Waals surface area contributed by atoms with Crippen LogP contribution in [0.5, 0.6) is 23.0 Å². The molecular weight excluding hydrogens is 568 g/mol. The Balaban J connectivity index is 1.30.